The van der Waals surface area contributed by atoms with E-state index in [1.807, 2.05) is 0 Å². The standard InChI is InChI=1S/C13H15F3N2O2/c14-13(15,16)20-11-8-4-3-7-10(11)18-12(19)17-9-5-1-2-6-9/h3-4,7-9H,1-2,5-6H2,(H2,17,18,19). The summed E-state index contributed by atoms with van der Waals surface area (Å²) in [5, 5.41) is 5.12. The van der Waals surface area contributed by atoms with Gasteiger partial charge >= 0.3 is 12.4 Å². The fraction of sp³-hybridized carbons (Fsp3) is 0.462. The zero-order valence-electron chi connectivity index (χ0n) is 10.7. The summed E-state index contributed by atoms with van der Waals surface area (Å²) in [6, 6.07) is 5.00. The Morgan fingerprint density at radius 3 is 2.50 bits per heavy atom. The third-order valence-electron chi connectivity index (χ3n) is 3.05. The Balaban J connectivity index is 1.99. The number of rotatable bonds is 3. The highest BCUT2D eigenvalue weighted by atomic mass is 19.4. The highest BCUT2D eigenvalue weighted by Gasteiger charge is 2.32. The summed E-state index contributed by atoms with van der Waals surface area (Å²) < 4.78 is 40.6. The van der Waals surface area contributed by atoms with Crippen LogP contribution in [0.25, 0.3) is 0 Å². The number of para-hydroxylation sites is 2. The largest absolute Gasteiger partial charge is 0.573 e. The van der Waals surface area contributed by atoms with E-state index in [1.165, 1.54) is 18.2 Å². The molecule has 110 valence electrons. The van der Waals surface area contributed by atoms with Crippen molar-refractivity contribution >= 4 is 11.7 Å². The molecule has 0 aliphatic heterocycles. The van der Waals surface area contributed by atoms with Crippen LogP contribution in [0.15, 0.2) is 24.3 Å². The molecule has 4 nitrogen and oxygen atoms in total. The zero-order chi connectivity index (χ0) is 14.6. The van der Waals surface area contributed by atoms with E-state index in [4.69, 9.17) is 0 Å². The molecule has 0 heterocycles. The fourth-order valence-electron chi connectivity index (χ4n) is 2.20. The van der Waals surface area contributed by atoms with Gasteiger partial charge in [0.25, 0.3) is 0 Å². The van der Waals surface area contributed by atoms with Crippen molar-refractivity contribution < 1.29 is 22.7 Å². The minimum absolute atomic E-state index is 0.0136. The van der Waals surface area contributed by atoms with E-state index in [1.54, 1.807) is 0 Å². The molecule has 1 aromatic carbocycles. The molecule has 0 radical (unpaired) electrons. The van der Waals surface area contributed by atoms with Crippen molar-refractivity contribution in [1.29, 1.82) is 0 Å². The fourth-order valence-corrected chi connectivity index (χ4v) is 2.20. The molecule has 7 heteroatoms. The van der Waals surface area contributed by atoms with Gasteiger partial charge in [-0.1, -0.05) is 25.0 Å². The predicted molar refractivity (Wildman–Crippen MR) is 67.5 cm³/mol. The second-order valence-corrected chi connectivity index (χ2v) is 4.62. The maximum absolute atomic E-state index is 12.2. The van der Waals surface area contributed by atoms with Crippen LogP contribution in [-0.4, -0.2) is 18.4 Å². The number of carbonyl (C=O) groups excluding carboxylic acids is 1. The first-order chi connectivity index (χ1) is 9.44. The molecular weight excluding hydrogens is 273 g/mol. The van der Waals surface area contributed by atoms with Crippen molar-refractivity contribution in [3.05, 3.63) is 24.3 Å². The summed E-state index contributed by atoms with van der Waals surface area (Å²) in [6.45, 7) is 0. The first-order valence-electron chi connectivity index (χ1n) is 6.36. The molecule has 2 rings (SSSR count). The average molecular weight is 288 g/mol. The van der Waals surface area contributed by atoms with Crippen molar-refractivity contribution in [1.82, 2.24) is 5.32 Å². The first kappa shape index (κ1) is 14.5. The smallest absolute Gasteiger partial charge is 0.404 e. The van der Waals surface area contributed by atoms with Crippen LogP contribution in [0.5, 0.6) is 5.75 Å². The lowest BCUT2D eigenvalue weighted by Gasteiger charge is -2.16. The first-order valence-corrected chi connectivity index (χ1v) is 6.36. The highest BCUT2D eigenvalue weighted by Crippen LogP contribution is 2.29. The van der Waals surface area contributed by atoms with Crippen LogP contribution in [0.4, 0.5) is 23.7 Å². The summed E-state index contributed by atoms with van der Waals surface area (Å²) in [7, 11) is 0. The quantitative estimate of drug-likeness (QED) is 0.892. The van der Waals surface area contributed by atoms with Gasteiger partial charge in [0, 0.05) is 6.04 Å². The average Bonchev–Trinajstić information content (AvgIpc) is 2.82. The number of ether oxygens (including phenoxy) is 1. The molecule has 0 unspecified atom stereocenters. The maximum Gasteiger partial charge on any atom is 0.573 e. The van der Waals surface area contributed by atoms with Crippen LogP contribution in [0.3, 0.4) is 0 Å². The Bertz CT molecular complexity index is 471. The summed E-state index contributed by atoms with van der Waals surface area (Å²) in [4.78, 5) is 11.7. The molecular formula is C13H15F3N2O2. The van der Waals surface area contributed by atoms with Crippen molar-refractivity contribution in [2.24, 2.45) is 0 Å². The minimum atomic E-state index is -4.79. The SMILES string of the molecule is O=C(Nc1ccccc1OC(F)(F)F)NC1CCCC1. The van der Waals surface area contributed by atoms with Gasteiger partial charge in [-0.15, -0.1) is 13.2 Å². The van der Waals surface area contributed by atoms with Gasteiger partial charge in [0.1, 0.15) is 0 Å². The van der Waals surface area contributed by atoms with Crippen molar-refractivity contribution in [2.75, 3.05) is 5.32 Å². The van der Waals surface area contributed by atoms with Gasteiger partial charge in [0.2, 0.25) is 0 Å². The zero-order valence-corrected chi connectivity index (χ0v) is 10.7. The van der Waals surface area contributed by atoms with E-state index in [0.717, 1.165) is 31.7 Å². The Morgan fingerprint density at radius 2 is 1.85 bits per heavy atom. The lowest BCUT2D eigenvalue weighted by atomic mass is 10.2. The molecule has 0 saturated heterocycles. The molecule has 20 heavy (non-hydrogen) atoms. The van der Waals surface area contributed by atoms with Gasteiger partial charge in [-0.2, -0.15) is 0 Å². The van der Waals surface area contributed by atoms with Crippen molar-refractivity contribution in [2.45, 2.75) is 38.1 Å². The summed E-state index contributed by atoms with van der Waals surface area (Å²) in [5.41, 5.74) is -0.0136. The lowest BCUT2D eigenvalue weighted by molar-refractivity contribution is -0.274. The number of amides is 2. The summed E-state index contributed by atoms with van der Waals surface area (Å²) in [5.74, 6) is -0.429. The van der Waals surface area contributed by atoms with E-state index in [9.17, 15) is 18.0 Å². The van der Waals surface area contributed by atoms with Crippen molar-refractivity contribution in [3.8, 4) is 5.75 Å². The third kappa shape index (κ3) is 4.32. The van der Waals surface area contributed by atoms with Crippen LogP contribution in [0, 0.1) is 0 Å². The molecule has 1 saturated carbocycles. The third-order valence-corrected chi connectivity index (χ3v) is 3.05. The molecule has 1 fully saturated rings. The molecule has 1 aliphatic carbocycles. The molecule has 0 spiro atoms. The molecule has 0 aromatic heterocycles. The molecule has 2 N–H and O–H groups in total. The molecule has 0 atom stereocenters. The second-order valence-electron chi connectivity index (χ2n) is 4.62. The van der Waals surface area contributed by atoms with Crippen LogP contribution in [0.2, 0.25) is 0 Å². The number of carbonyl (C=O) groups is 1. The van der Waals surface area contributed by atoms with Crippen LogP contribution >= 0.6 is 0 Å². The number of halogens is 3. The Morgan fingerprint density at radius 1 is 1.20 bits per heavy atom. The second kappa shape index (κ2) is 6.02. The number of anilines is 1. The van der Waals surface area contributed by atoms with Gasteiger partial charge in [-0.3, -0.25) is 0 Å². The minimum Gasteiger partial charge on any atom is -0.404 e. The topological polar surface area (TPSA) is 50.4 Å². The number of hydrogen-bond donors (Lipinski definition) is 2. The summed E-state index contributed by atoms with van der Waals surface area (Å²) in [6.07, 6.45) is -0.889. The number of nitrogens with one attached hydrogen (secondary N) is 2. The molecule has 0 bridgehead atoms. The predicted octanol–water partition coefficient (Wildman–Crippen LogP) is 3.65. The normalized spacial score (nSPS) is 15.9. The molecule has 1 aliphatic rings. The highest BCUT2D eigenvalue weighted by molar-refractivity contribution is 5.91. The van der Waals surface area contributed by atoms with Gasteiger partial charge in [0.15, 0.2) is 5.75 Å². The number of hydrogen-bond acceptors (Lipinski definition) is 2. The van der Waals surface area contributed by atoms with Crippen LogP contribution < -0.4 is 15.4 Å². The number of urea groups is 1. The van der Waals surface area contributed by atoms with Gasteiger partial charge in [0.05, 0.1) is 5.69 Å². The Kier molecular flexibility index (Phi) is 4.36. The van der Waals surface area contributed by atoms with E-state index in [2.05, 4.69) is 15.4 Å². The van der Waals surface area contributed by atoms with Crippen LogP contribution in [-0.2, 0) is 0 Å². The van der Waals surface area contributed by atoms with E-state index in [0.29, 0.717) is 0 Å². The molecule has 1 aromatic rings. The summed E-state index contributed by atoms with van der Waals surface area (Å²) >= 11 is 0. The monoisotopic (exact) mass is 288 g/mol. The number of benzene rings is 1. The van der Waals surface area contributed by atoms with Gasteiger partial charge in [-0.25, -0.2) is 4.79 Å². The Hall–Kier alpha value is -1.92. The van der Waals surface area contributed by atoms with Crippen molar-refractivity contribution in [3.63, 3.8) is 0 Å². The van der Waals surface area contributed by atoms with E-state index >= 15 is 0 Å². The van der Waals surface area contributed by atoms with E-state index in [-0.39, 0.29) is 11.7 Å². The van der Waals surface area contributed by atoms with Gasteiger partial charge in [-0.05, 0) is 25.0 Å². The van der Waals surface area contributed by atoms with Crippen LogP contribution in [0.1, 0.15) is 25.7 Å². The maximum atomic E-state index is 12.2. The number of alkyl halides is 3. The lowest BCUT2D eigenvalue weighted by Crippen LogP contribution is -2.36. The van der Waals surface area contributed by atoms with E-state index < -0.39 is 18.1 Å². The molecule has 2 amide bonds. The Labute approximate surface area is 114 Å². The van der Waals surface area contributed by atoms with Gasteiger partial charge < -0.3 is 15.4 Å².